The summed E-state index contributed by atoms with van der Waals surface area (Å²) in [5.41, 5.74) is -2.66. The Morgan fingerprint density at radius 1 is 0.905 bits per heavy atom. The van der Waals surface area contributed by atoms with Crippen LogP contribution in [0.25, 0.3) is 0 Å². The van der Waals surface area contributed by atoms with Crippen LogP contribution in [0, 0.1) is 80.3 Å². The summed E-state index contributed by atoms with van der Waals surface area (Å²) in [5, 5.41) is 37.4. The van der Waals surface area contributed by atoms with Crippen LogP contribution in [-0.2, 0) is 0 Å². The highest BCUT2D eigenvalue weighted by molar-refractivity contribution is 5.46. The molecule has 0 aromatic heterocycles. The number of nitrogens with zero attached hydrogens (tertiary/aromatic N) is 4. The van der Waals surface area contributed by atoms with E-state index < -0.39 is 16.7 Å². The van der Waals surface area contributed by atoms with Gasteiger partial charge in [0.2, 0.25) is 0 Å². The van der Waals surface area contributed by atoms with Gasteiger partial charge < -0.3 is 0 Å². The van der Waals surface area contributed by atoms with Crippen molar-refractivity contribution in [2.75, 3.05) is 0 Å². The predicted octanol–water partition coefficient (Wildman–Crippen LogP) is 2.33. The van der Waals surface area contributed by atoms with Gasteiger partial charge in [0.15, 0.2) is 10.8 Å². The van der Waals surface area contributed by atoms with Gasteiger partial charge in [0.1, 0.15) is 0 Å². The molecule has 1 saturated carbocycles. The molecule has 97 valence electrons. The lowest BCUT2D eigenvalue weighted by Crippen LogP contribution is -2.37. The Morgan fingerprint density at radius 3 is 2.05 bits per heavy atom. The van der Waals surface area contributed by atoms with Gasteiger partial charge in [-0.3, -0.25) is 0 Å². The van der Waals surface area contributed by atoms with E-state index in [1.54, 1.807) is 6.42 Å². The van der Waals surface area contributed by atoms with Crippen LogP contribution in [-0.4, -0.2) is 0 Å². The lowest BCUT2D eigenvalue weighted by atomic mass is 9.65. The molecule has 0 amide bonds. The van der Waals surface area contributed by atoms with Gasteiger partial charge in [-0.1, -0.05) is 30.0 Å². The molecule has 1 unspecified atom stereocenters. The zero-order valence-electron chi connectivity index (χ0n) is 11.0. The second-order valence-electron chi connectivity index (χ2n) is 4.71. The van der Waals surface area contributed by atoms with Gasteiger partial charge >= 0.3 is 0 Å². The molecule has 1 aromatic carbocycles. The molecular weight excluding hydrogens is 260 g/mol. The zero-order chi connectivity index (χ0) is 15.3. The molecule has 1 fully saturated rings. The lowest BCUT2D eigenvalue weighted by Gasteiger charge is -2.25. The van der Waals surface area contributed by atoms with E-state index in [1.165, 1.54) is 0 Å². The van der Waals surface area contributed by atoms with Crippen LogP contribution in [0.2, 0.25) is 0 Å². The molecule has 0 bridgehead atoms. The van der Waals surface area contributed by atoms with Crippen molar-refractivity contribution in [1.82, 2.24) is 0 Å². The molecule has 1 aliphatic rings. The van der Waals surface area contributed by atoms with Crippen LogP contribution in [0.15, 0.2) is 30.3 Å². The second-order valence-corrected chi connectivity index (χ2v) is 4.71. The monoisotopic (exact) mass is 269 g/mol. The largest absolute Gasteiger partial charge is 0.196 e. The molecule has 1 aliphatic carbocycles. The zero-order valence-corrected chi connectivity index (χ0v) is 11.0. The predicted molar refractivity (Wildman–Crippen MR) is 73.0 cm³/mol. The first-order valence-electron chi connectivity index (χ1n) is 6.23. The standard InChI is InChI=1S/C17H9N4/c18-10-16(11-19)9-8-15(17(16,12-20)13-21)7-6-14-4-2-1-3-5-14/h1-5,8,15H,9H2. The van der Waals surface area contributed by atoms with E-state index in [4.69, 9.17) is 0 Å². The molecule has 2 rings (SSSR count). The summed E-state index contributed by atoms with van der Waals surface area (Å²) in [6.45, 7) is 0. The Kier molecular flexibility index (Phi) is 3.63. The van der Waals surface area contributed by atoms with Crippen molar-refractivity contribution >= 4 is 0 Å². The highest BCUT2D eigenvalue weighted by Gasteiger charge is 2.63. The van der Waals surface area contributed by atoms with Crippen LogP contribution in [0.4, 0.5) is 0 Å². The average Bonchev–Trinajstić information content (AvgIpc) is 2.88. The van der Waals surface area contributed by atoms with Crippen molar-refractivity contribution in [2.24, 2.45) is 16.7 Å². The first kappa shape index (κ1) is 14.2. The Hall–Kier alpha value is -3.26. The minimum atomic E-state index is -1.75. The van der Waals surface area contributed by atoms with Crippen LogP contribution in [0.3, 0.4) is 0 Å². The summed E-state index contributed by atoms with van der Waals surface area (Å²) in [6.07, 6.45) is 1.68. The molecule has 1 radical (unpaired) electrons. The third kappa shape index (κ3) is 1.99. The molecule has 0 N–H and O–H groups in total. The molecule has 0 heterocycles. The van der Waals surface area contributed by atoms with Crippen LogP contribution in [0.5, 0.6) is 0 Å². The highest BCUT2D eigenvalue weighted by Crippen LogP contribution is 2.54. The maximum atomic E-state index is 9.42. The van der Waals surface area contributed by atoms with E-state index in [0.717, 1.165) is 5.56 Å². The third-order valence-corrected chi connectivity index (χ3v) is 3.68. The van der Waals surface area contributed by atoms with Gasteiger partial charge in [-0.25, -0.2) is 0 Å². The van der Waals surface area contributed by atoms with E-state index in [2.05, 4.69) is 11.8 Å². The Balaban J connectivity index is 2.47. The summed E-state index contributed by atoms with van der Waals surface area (Å²) in [7, 11) is 0. The minimum absolute atomic E-state index is 0.0647. The van der Waals surface area contributed by atoms with Gasteiger partial charge in [-0.2, -0.15) is 21.0 Å². The molecule has 1 atom stereocenters. The second kappa shape index (κ2) is 5.39. The van der Waals surface area contributed by atoms with Gasteiger partial charge in [-0.05, 0) is 25.0 Å². The maximum Gasteiger partial charge on any atom is 0.189 e. The fourth-order valence-electron chi connectivity index (χ4n) is 2.40. The highest BCUT2D eigenvalue weighted by atomic mass is 14.6. The number of hydrogen-bond donors (Lipinski definition) is 0. The Morgan fingerprint density at radius 2 is 1.52 bits per heavy atom. The molecule has 0 spiro atoms. The molecule has 21 heavy (non-hydrogen) atoms. The number of nitriles is 4. The van der Waals surface area contributed by atoms with Crippen molar-refractivity contribution in [2.45, 2.75) is 6.42 Å². The van der Waals surface area contributed by atoms with Crippen molar-refractivity contribution < 1.29 is 0 Å². The van der Waals surface area contributed by atoms with Crippen LogP contribution in [0.1, 0.15) is 12.0 Å². The van der Waals surface area contributed by atoms with Crippen LogP contribution < -0.4 is 0 Å². The van der Waals surface area contributed by atoms with Crippen molar-refractivity contribution in [3.8, 4) is 36.1 Å². The van der Waals surface area contributed by atoms with Gasteiger partial charge in [0.05, 0.1) is 30.2 Å². The minimum Gasteiger partial charge on any atom is -0.196 e. The van der Waals surface area contributed by atoms with Gasteiger partial charge in [0.25, 0.3) is 0 Å². The fourth-order valence-corrected chi connectivity index (χ4v) is 2.40. The molecule has 4 nitrogen and oxygen atoms in total. The van der Waals surface area contributed by atoms with E-state index in [9.17, 15) is 21.0 Å². The first-order valence-corrected chi connectivity index (χ1v) is 6.23. The SMILES string of the molecule is N#CC1(C#N)C[CH]C(C#Cc2ccccc2)C1(C#N)C#N. The van der Waals surface area contributed by atoms with Gasteiger partial charge in [0, 0.05) is 5.56 Å². The normalized spacial score (nSPS) is 20.7. The first-order chi connectivity index (χ1) is 10.2. The fraction of sp³-hybridized carbons (Fsp3) is 0.235. The average molecular weight is 269 g/mol. The third-order valence-electron chi connectivity index (χ3n) is 3.68. The summed E-state index contributed by atoms with van der Waals surface area (Å²) in [4.78, 5) is 0. The van der Waals surface area contributed by atoms with E-state index in [1.807, 2.05) is 54.6 Å². The number of rotatable bonds is 0. The molecule has 4 heteroatoms. The van der Waals surface area contributed by atoms with Crippen molar-refractivity contribution in [1.29, 1.82) is 21.0 Å². The number of benzene rings is 1. The van der Waals surface area contributed by atoms with Crippen molar-refractivity contribution in [3.05, 3.63) is 42.3 Å². The lowest BCUT2D eigenvalue weighted by molar-refractivity contribution is 0.324. The molecule has 1 aromatic rings. The summed E-state index contributed by atoms with van der Waals surface area (Å²) in [6, 6.07) is 16.6. The molecule has 0 saturated heterocycles. The number of hydrogen-bond acceptors (Lipinski definition) is 4. The van der Waals surface area contributed by atoms with E-state index in [-0.39, 0.29) is 6.42 Å². The van der Waals surface area contributed by atoms with E-state index >= 15 is 0 Å². The molecular formula is C17H9N4. The van der Waals surface area contributed by atoms with Crippen LogP contribution >= 0.6 is 0 Å². The summed E-state index contributed by atoms with van der Waals surface area (Å²) >= 11 is 0. The van der Waals surface area contributed by atoms with E-state index in [0.29, 0.717) is 0 Å². The Labute approximate surface area is 123 Å². The molecule has 0 aliphatic heterocycles. The topological polar surface area (TPSA) is 95.2 Å². The maximum absolute atomic E-state index is 9.42. The quantitative estimate of drug-likeness (QED) is 0.675. The summed E-state index contributed by atoms with van der Waals surface area (Å²) < 4.78 is 0. The Bertz CT molecular complexity index is 741. The smallest absolute Gasteiger partial charge is 0.189 e. The van der Waals surface area contributed by atoms with Gasteiger partial charge in [-0.15, -0.1) is 0 Å². The summed E-state index contributed by atoms with van der Waals surface area (Å²) in [5.74, 6) is 5.03. The van der Waals surface area contributed by atoms with Crippen molar-refractivity contribution in [3.63, 3.8) is 0 Å².